The average Bonchev–Trinajstić information content (AvgIpc) is 2.98. The fourth-order valence-corrected chi connectivity index (χ4v) is 3.20. The summed E-state index contributed by atoms with van der Waals surface area (Å²) in [5.41, 5.74) is 1.20. The molecule has 0 unspecified atom stereocenters. The number of nitrogens with zero attached hydrogens (tertiary/aromatic N) is 3. The first kappa shape index (κ1) is 17.6. The zero-order valence-corrected chi connectivity index (χ0v) is 15.5. The van der Waals surface area contributed by atoms with E-state index in [1.807, 2.05) is 61.9 Å². The number of hydrogen-bond acceptors (Lipinski definition) is 5. The van der Waals surface area contributed by atoms with Crippen LogP contribution in [-0.2, 0) is 4.74 Å². The summed E-state index contributed by atoms with van der Waals surface area (Å²) in [4.78, 5) is 20.7. The predicted molar refractivity (Wildman–Crippen MR) is 97.8 cm³/mol. The molecule has 1 aliphatic heterocycles. The molecule has 6 nitrogen and oxygen atoms in total. The van der Waals surface area contributed by atoms with Crippen LogP contribution in [0.1, 0.15) is 33.6 Å². The smallest absolute Gasteiger partial charge is 0.410 e. The third-order valence-electron chi connectivity index (χ3n) is 4.31. The first-order valence-electron chi connectivity index (χ1n) is 8.86. The lowest BCUT2D eigenvalue weighted by Gasteiger charge is -2.35. The highest BCUT2D eigenvalue weighted by molar-refractivity contribution is 5.74. The van der Waals surface area contributed by atoms with Crippen molar-refractivity contribution in [1.29, 1.82) is 0 Å². The van der Waals surface area contributed by atoms with Crippen LogP contribution in [0.3, 0.4) is 0 Å². The van der Waals surface area contributed by atoms with E-state index < -0.39 is 5.60 Å². The minimum atomic E-state index is -0.459. The van der Waals surface area contributed by atoms with Crippen LogP contribution in [0, 0.1) is 5.92 Å². The second kappa shape index (κ2) is 6.94. The molecule has 0 radical (unpaired) electrons. The van der Waals surface area contributed by atoms with Crippen LogP contribution < -0.4 is 4.90 Å². The zero-order chi connectivity index (χ0) is 18.0. The number of fused-ring (bicyclic) bond motifs is 1. The van der Waals surface area contributed by atoms with Crippen LogP contribution in [0.4, 0.5) is 10.8 Å². The van der Waals surface area contributed by atoms with Gasteiger partial charge in [0.15, 0.2) is 5.58 Å². The van der Waals surface area contributed by atoms with Gasteiger partial charge in [0.05, 0.1) is 0 Å². The third kappa shape index (κ3) is 4.44. The molecule has 1 aromatic carbocycles. The van der Waals surface area contributed by atoms with Crippen LogP contribution in [0.25, 0.3) is 11.1 Å². The van der Waals surface area contributed by atoms with Gasteiger partial charge in [-0.3, -0.25) is 0 Å². The van der Waals surface area contributed by atoms with Gasteiger partial charge in [0.25, 0.3) is 6.01 Å². The van der Waals surface area contributed by atoms with Crippen molar-refractivity contribution in [1.82, 2.24) is 9.88 Å². The molecule has 6 heteroatoms. The van der Waals surface area contributed by atoms with E-state index in [9.17, 15) is 4.79 Å². The van der Waals surface area contributed by atoms with E-state index in [1.165, 1.54) is 0 Å². The quantitative estimate of drug-likeness (QED) is 0.844. The first-order chi connectivity index (χ1) is 11.8. The number of para-hydroxylation sites is 2. The molecule has 2 heterocycles. The molecule has 3 rings (SSSR count). The van der Waals surface area contributed by atoms with Gasteiger partial charge in [0, 0.05) is 26.7 Å². The number of amides is 1. The van der Waals surface area contributed by atoms with Gasteiger partial charge in [-0.15, -0.1) is 0 Å². The van der Waals surface area contributed by atoms with Crippen LogP contribution in [0.15, 0.2) is 28.7 Å². The van der Waals surface area contributed by atoms with Gasteiger partial charge in [-0.2, -0.15) is 4.98 Å². The summed E-state index contributed by atoms with van der Waals surface area (Å²) in [6, 6.07) is 8.38. The molecule has 1 aromatic heterocycles. The largest absolute Gasteiger partial charge is 0.444 e. The lowest BCUT2D eigenvalue weighted by atomic mass is 9.98. The number of carbonyl (C=O) groups excluding carboxylic acids is 1. The van der Waals surface area contributed by atoms with Crippen molar-refractivity contribution in [2.45, 2.75) is 39.2 Å². The lowest BCUT2D eigenvalue weighted by molar-refractivity contribution is 0.0169. The molecule has 0 aliphatic carbocycles. The third-order valence-corrected chi connectivity index (χ3v) is 4.31. The molecular weight excluding hydrogens is 318 g/mol. The van der Waals surface area contributed by atoms with Crippen LogP contribution in [0.5, 0.6) is 0 Å². The molecule has 0 spiro atoms. The molecule has 1 atom stereocenters. The maximum Gasteiger partial charge on any atom is 0.410 e. The number of aromatic nitrogens is 1. The highest BCUT2D eigenvalue weighted by atomic mass is 16.6. The summed E-state index contributed by atoms with van der Waals surface area (Å²) in [6.07, 6.45) is 1.86. The minimum Gasteiger partial charge on any atom is -0.444 e. The van der Waals surface area contributed by atoms with Crippen molar-refractivity contribution in [3.8, 4) is 0 Å². The van der Waals surface area contributed by atoms with Crippen molar-refractivity contribution in [3.05, 3.63) is 24.3 Å². The maximum absolute atomic E-state index is 12.3. The number of likely N-dealkylation sites (tertiary alicyclic amines) is 1. The van der Waals surface area contributed by atoms with Gasteiger partial charge in [-0.05, 0) is 51.7 Å². The maximum atomic E-state index is 12.3. The number of benzene rings is 1. The van der Waals surface area contributed by atoms with Crippen molar-refractivity contribution < 1.29 is 13.9 Å². The molecule has 25 heavy (non-hydrogen) atoms. The van der Waals surface area contributed by atoms with Crippen molar-refractivity contribution >= 4 is 23.2 Å². The van der Waals surface area contributed by atoms with E-state index in [1.54, 1.807) is 0 Å². The molecule has 136 valence electrons. The van der Waals surface area contributed by atoms with Crippen LogP contribution in [-0.4, -0.2) is 48.3 Å². The Hall–Kier alpha value is -2.24. The SMILES string of the molecule is CN(C[C@H]1CCCN(C(=O)OC(C)(C)C)C1)c1nc2ccccc2o1. The Morgan fingerprint density at radius 1 is 1.40 bits per heavy atom. The second-order valence-corrected chi connectivity index (χ2v) is 7.78. The Bertz CT molecular complexity index is 702. The lowest BCUT2D eigenvalue weighted by Crippen LogP contribution is -2.45. The Morgan fingerprint density at radius 2 is 2.16 bits per heavy atom. The standard InChI is InChI=1S/C19H27N3O3/c1-19(2,3)25-18(23)22-11-7-8-14(13-22)12-21(4)17-20-15-9-5-6-10-16(15)24-17/h5-6,9-10,14H,7-8,11-13H2,1-4H3/t14-/m1/s1. The fourth-order valence-electron chi connectivity index (χ4n) is 3.20. The monoisotopic (exact) mass is 345 g/mol. The molecular formula is C19H27N3O3. The summed E-state index contributed by atoms with van der Waals surface area (Å²) < 4.78 is 11.3. The highest BCUT2D eigenvalue weighted by Crippen LogP contribution is 2.24. The van der Waals surface area contributed by atoms with E-state index in [2.05, 4.69) is 4.98 Å². The Balaban J connectivity index is 1.61. The van der Waals surface area contributed by atoms with E-state index >= 15 is 0 Å². The zero-order valence-electron chi connectivity index (χ0n) is 15.5. The van der Waals surface area contributed by atoms with Gasteiger partial charge < -0.3 is 19.0 Å². The number of carbonyl (C=O) groups is 1. The summed E-state index contributed by atoms with van der Waals surface area (Å²) in [5.74, 6) is 0.376. The summed E-state index contributed by atoms with van der Waals surface area (Å²) >= 11 is 0. The Kier molecular flexibility index (Phi) is 4.88. The van der Waals surface area contributed by atoms with Crippen molar-refractivity contribution in [2.75, 3.05) is 31.6 Å². The van der Waals surface area contributed by atoms with Gasteiger partial charge in [-0.25, -0.2) is 4.79 Å². The summed E-state index contributed by atoms with van der Waals surface area (Å²) in [7, 11) is 1.98. The molecule has 1 aliphatic rings. The Morgan fingerprint density at radius 3 is 2.88 bits per heavy atom. The molecule has 0 bridgehead atoms. The van der Waals surface area contributed by atoms with Crippen LogP contribution >= 0.6 is 0 Å². The second-order valence-electron chi connectivity index (χ2n) is 7.78. The van der Waals surface area contributed by atoms with Gasteiger partial charge in [0.1, 0.15) is 11.1 Å². The number of anilines is 1. The van der Waals surface area contributed by atoms with Crippen LogP contribution in [0.2, 0.25) is 0 Å². The molecule has 1 fully saturated rings. The van der Waals surface area contributed by atoms with E-state index in [4.69, 9.17) is 9.15 Å². The van der Waals surface area contributed by atoms with E-state index in [-0.39, 0.29) is 6.09 Å². The minimum absolute atomic E-state index is 0.221. The first-order valence-corrected chi connectivity index (χ1v) is 8.86. The van der Waals surface area contributed by atoms with Crippen molar-refractivity contribution in [3.63, 3.8) is 0 Å². The predicted octanol–water partition coefficient (Wildman–Crippen LogP) is 3.91. The number of hydrogen-bond donors (Lipinski definition) is 0. The molecule has 1 amide bonds. The molecule has 1 saturated heterocycles. The van der Waals surface area contributed by atoms with Crippen molar-refractivity contribution in [2.24, 2.45) is 5.92 Å². The molecule has 0 saturated carbocycles. The highest BCUT2D eigenvalue weighted by Gasteiger charge is 2.28. The van der Waals surface area contributed by atoms with E-state index in [0.29, 0.717) is 18.5 Å². The number of oxazole rings is 1. The van der Waals surface area contributed by atoms with Gasteiger partial charge in [-0.1, -0.05) is 12.1 Å². The normalized spacial score (nSPS) is 18.4. The molecule has 0 N–H and O–H groups in total. The number of piperidine rings is 1. The van der Waals surface area contributed by atoms with Gasteiger partial charge >= 0.3 is 6.09 Å². The number of rotatable bonds is 3. The summed E-state index contributed by atoms with van der Waals surface area (Å²) in [5, 5.41) is 0. The fraction of sp³-hybridized carbons (Fsp3) is 0.579. The molecule has 2 aromatic rings. The number of ether oxygens (including phenoxy) is 1. The van der Waals surface area contributed by atoms with E-state index in [0.717, 1.165) is 37.0 Å². The van der Waals surface area contributed by atoms with Gasteiger partial charge in [0.2, 0.25) is 0 Å². The average molecular weight is 345 g/mol. The Labute approximate surface area is 148 Å². The topological polar surface area (TPSA) is 58.8 Å². The summed E-state index contributed by atoms with van der Waals surface area (Å²) in [6.45, 7) is 7.96.